The lowest BCUT2D eigenvalue weighted by atomic mass is 10.2. The van der Waals surface area contributed by atoms with E-state index in [1.54, 1.807) is 0 Å². The van der Waals surface area contributed by atoms with Crippen LogP contribution in [0.5, 0.6) is 0 Å². The van der Waals surface area contributed by atoms with Gasteiger partial charge >= 0.3 is 0 Å². The molecule has 0 unspecified atom stereocenters. The Bertz CT molecular complexity index is 243. The molecule has 0 amide bonds. The van der Waals surface area contributed by atoms with Gasteiger partial charge in [-0.15, -0.1) is 0 Å². The fourth-order valence-corrected chi connectivity index (χ4v) is 0.968. The predicted octanol–water partition coefficient (Wildman–Crippen LogP) is 2.28. The summed E-state index contributed by atoms with van der Waals surface area (Å²) in [6, 6.07) is 2.41. The molecule has 0 atom stereocenters. The topological polar surface area (TPSA) is 17.8 Å². The summed E-state index contributed by atoms with van der Waals surface area (Å²) < 4.78 is 25.7. The van der Waals surface area contributed by atoms with Crippen LogP contribution in [0.2, 0.25) is 0 Å². The second-order valence-electron chi connectivity index (χ2n) is 3.05. The lowest BCUT2D eigenvalue weighted by molar-refractivity contribution is 0.137. The van der Waals surface area contributed by atoms with Crippen molar-refractivity contribution >= 4 is 0 Å². The molecule has 0 spiro atoms. The van der Waals surface area contributed by atoms with E-state index in [0.717, 1.165) is 0 Å². The second-order valence-corrected chi connectivity index (χ2v) is 3.05. The van der Waals surface area contributed by atoms with Crippen molar-refractivity contribution in [3.8, 4) is 0 Å². The Labute approximate surface area is 70.2 Å². The fraction of sp³-hybridized carbons (Fsp3) is 0.625. The van der Waals surface area contributed by atoms with Gasteiger partial charge in [0.15, 0.2) is 0 Å². The third-order valence-corrected chi connectivity index (χ3v) is 1.43. The van der Waals surface area contributed by atoms with Crippen LogP contribution in [-0.2, 0) is 6.54 Å². The fourth-order valence-electron chi connectivity index (χ4n) is 0.968. The summed E-state index contributed by atoms with van der Waals surface area (Å²) in [4.78, 5) is 0. The minimum atomic E-state index is -2.48. The van der Waals surface area contributed by atoms with Crippen molar-refractivity contribution in [3.05, 3.63) is 18.0 Å². The maximum absolute atomic E-state index is 12.2. The first-order valence-corrected chi connectivity index (χ1v) is 3.82. The van der Waals surface area contributed by atoms with Gasteiger partial charge < -0.3 is 0 Å². The van der Waals surface area contributed by atoms with Crippen molar-refractivity contribution in [1.29, 1.82) is 0 Å². The van der Waals surface area contributed by atoms with Gasteiger partial charge in [-0.1, -0.05) is 13.8 Å². The van der Waals surface area contributed by atoms with E-state index in [9.17, 15) is 8.78 Å². The molecule has 1 rings (SSSR count). The average Bonchev–Trinajstić information content (AvgIpc) is 2.33. The standard InChI is InChI=1S/C8H11F2N2/c1-6(2)5-12-7(8(9)10)3-4-11-12/h4,6,8H,5H2,1-2H3. The summed E-state index contributed by atoms with van der Waals surface area (Å²) in [6.45, 7) is 4.43. The minimum Gasteiger partial charge on any atom is -0.263 e. The number of rotatable bonds is 3. The highest BCUT2D eigenvalue weighted by Gasteiger charge is 2.13. The third kappa shape index (κ3) is 2.03. The Morgan fingerprint density at radius 2 is 2.25 bits per heavy atom. The Morgan fingerprint density at radius 3 is 2.75 bits per heavy atom. The molecule has 12 heavy (non-hydrogen) atoms. The average molecular weight is 173 g/mol. The molecule has 0 aliphatic heterocycles. The van der Waals surface area contributed by atoms with Crippen LogP contribution < -0.4 is 0 Å². The van der Waals surface area contributed by atoms with E-state index in [0.29, 0.717) is 12.5 Å². The maximum atomic E-state index is 12.2. The van der Waals surface area contributed by atoms with E-state index in [2.05, 4.69) is 11.2 Å². The van der Waals surface area contributed by atoms with Crippen molar-refractivity contribution in [2.45, 2.75) is 26.8 Å². The molecular weight excluding hydrogens is 162 g/mol. The van der Waals surface area contributed by atoms with Crippen LogP contribution in [0.25, 0.3) is 0 Å². The molecule has 1 heterocycles. The summed E-state index contributed by atoms with van der Waals surface area (Å²) in [6.07, 6.45) is -1.20. The maximum Gasteiger partial charge on any atom is 0.280 e. The van der Waals surface area contributed by atoms with Gasteiger partial charge in [-0.3, -0.25) is 4.68 Å². The van der Waals surface area contributed by atoms with Gasteiger partial charge in [-0.25, -0.2) is 8.78 Å². The van der Waals surface area contributed by atoms with E-state index in [1.165, 1.54) is 10.9 Å². The van der Waals surface area contributed by atoms with Gasteiger partial charge in [0.05, 0.1) is 6.20 Å². The summed E-state index contributed by atoms with van der Waals surface area (Å²) in [7, 11) is 0. The lowest BCUT2D eigenvalue weighted by Crippen LogP contribution is -2.09. The Kier molecular flexibility index (Phi) is 2.78. The summed E-state index contributed by atoms with van der Waals surface area (Å²) >= 11 is 0. The summed E-state index contributed by atoms with van der Waals surface area (Å²) in [5.74, 6) is 0.316. The van der Waals surface area contributed by atoms with E-state index in [-0.39, 0.29) is 5.69 Å². The highest BCUT2D eigenvalue weighted by atomic mass is 19.3. The predicted molar refractivity (Wildman–Crippen MR) is 40.9 cm³/mol. The molecule has 0 aromatic carbocycles. The molecule has 4 heteroatoms. The normalized spacial score (nSPS) is 11.5. The molecular formula is C8H11F2N2. The van der Waals surface area contributed by atoms with Gasteiger partial charge in [0.1, 0.15) is 5.69 Å². The zero-order valence-corrected chi connectivity index (χ0v) is 7.09. The first-order chi connectivity index (χ1) is 5.61. The van der Waals surface area contributed by atoms with E-state index >= 15 is 0 Å². The molecule has 0 aliphatic carbocycles. The van der Waals surface area contributed by atoms with Crippen LogP contribution in [0.3, 0.4) is 0 Å². The van der Waals surface area contributed by atoms with Crippen LogP contribution in [0, 0.1) is 12.0 Å². The molecule has 0 fully saturated rings. The lowest BCUT2D eigenvalue weighted by Gasteiger charge is -2.08. The molecule has 0 saturated carbocycles. The minimum absolute atomic E-state index is 0.122. The number of nitrogens with zero attached hydrogens (tertiary/aromatic N) is 2. The van der Waals surface area contributed by atoms with Gasteiger partial charge in [-0.2, -0.15) is 5.10 Å². The highest BCUT2D eigenvalue weighted by Crippen LogP contribution is 2.17. The smallest absolute Gasteiger partial charge is 0.263 e. The first-order valence-electron chi connectivity index (χ1n) is 3.82. The third-order valence-electron chi connectivity index (χ3n) is 1.43. The number of hydrogen-bond acceptors (Lipinski definition) is 1. The molecule has 67 valence electrons. The molecule has 2 nitrogen and oxygen atoms in total. The second kappa shape index (κ2) is 3.65. The Hall–Kier alpha value is -0.930. The summed E-state index contributed by atoms with van der Waals surface area (Å²) in [5, 5.41) is 3.76. The zero-order chi connectivity index (χ0) is 9.14. The molecule has 0 saturated heterocycles. The van der Waals surface area contributed by atoms with Gasteiger partial charge in [0.25, 0.3) is 6.43 Å². The molecule has 0 aliphatic rings. The van der Waals surface area contributed by atoms with E-state index in [4.69, 9.17) is 0 Å². The van der Waals surface area contributed by atoms with Gasteiger partial charge in [0, 0.05) is 12.6 Å². The number of alkyl halides is 2. The van der Waals surface area contributed by atoms with Gasteiger partial charge in [-0.05, 0) is 5.92 Å². The van der Waals surface area contributed by atoms with Crippen molar-refractivity contribution in [1.82, 2.24) is 9.78 Å². The number of halogens is 2. The Balaban J connectivity index is 2.77. The summed E-state index contributed by atoms with van der Waals surface area (Å²) in [5.41, 5.74) is -0.122. The SMILES string of the molecule is CC(C)Cn1nc[c]c1C(F)F. The van der Waals surface area contributed by atoms with Crippen LogP contribution >= 0.6 is 0 Å². The van der Waals surface area contributed by atoms with Crippen molar-refractivity contribution < 1.29 is 8.78 Å². The monoisotopic (exact) mass is 173 g/mol. The van der Waals surface area contributed by atoms with E-state index in [1.807, 2.05) is 13.8 Å². The zero-order valence-electron chi connectivity index (χ0n) is 7.09. The highest BCUT2D eigenvalue weighted by molar-refractivity contribution is 4.99. The van der Waals surface area contributed by atoms with Crippen molar-refractivity contribution in [3.63, 3.8) is 0 Å². The molecule has 0 bridgehead atoms. The van der Waals surface area contributed by atoms with Crippen LogP contribution in [0.4, 0.5) is 8.78 Å². The molecule has 0 N–H and O–H groups in total. The van der Waals surface area contributed by atoms with Crippen molar-refractivity contribution in [2.75, 3.05) is 0 Å². The molecule has 1 aromatic heterocycles. The largest absolute Gasteiger partial charge is 0.280 e. The molecule has 1 radical (unpaired) electrons. The van der Waals surface area contributed by atoms with Crippen LogP contribution in [0.15, 0.2) is 6.20 Å². The number of aromatic nitrogens is 2. The number of hydrogen-bond donors (Lipinski definition) is 0. The quantitative estimate of drug-likeness (QED) is 0.685. The van der Waals surface area contributed by atoms with Crippen molar-refractivity contribution in [2.24, 2.45) is 5.92 Å². The molecule has 1 aromatic rings. The first kappa shape index (κ1) is 9.16. The Morgan fingerprint density at radius 1 is 1.58 bits per heavy atom. The van der Waals surface area contributed by atoms with Crippen LogP contribution in [0.1, 0.15) is 26.0 Å². The van der Waals surface area contributed by atoms with Gasteiger partial charge in [0.2, 0.25) is 0 Å². The van der Waals surface area contributed by atoms with E-state index < -0.39 is 6.43 Å². The van der Waals surface area contributed by atoms with Crippen LogP contribution in [-0.4, -0.2) is 9.78 Å².